The van der Waals surface area contributed by atoms with Gasteiger partial charge in [-0.05, 0) is 6.07 Å². The molecule has 0 fully saturated rings. The molecule has 0 atom stereocenters. The largest absolute Gasteiger partial charge is 0.355 e. The van der Waals surface area contributed by atoms with Gasteiger partial charge in [-0.3, -0.25) is 14.4 Å². The Hall–Kier alpha value is -2.75. The summed E-state index contributed by atoms with van der Waals surface area (Å²) in [4.78, 5) is 36.9. The number of carbonyl (C=O) groups is 3. The van der Waals surface area contributed by atoms with E-state index < -0.39 is 0 Å². The predicted octanol–water partition coefficient (Wildman–Crippen LogP) is 1.82. The third-order valence-electron chi connectivity index (χ3n) is 3.42. The van der Waals surface area contributed by atoms with Crippen LogP contribution >= 0.6 is 0 Å². The zero-order valence-electron chi connectivity index (χ0n) is 10.8. The van der Waals surface area contributed by atoms with Crippen LogP contribution in [0.3, 0.4) is 0 Å². The maximum absolute atomic E-state index is 12.6. The molecule has 1 aliphatic carbocycles. The Morgan fingerprint density at radius 2 is 1.45 bits per heavy atom. The molecule has 1 N–H and O–H groups in total. The van der Waals surface area contributed by atoms with Crippen molar-refractivity contribution in [1.82, 2.24) is 5.32 Å². The molecule has 0 radical (unpaired) electrons. The van der Waals surface area contributed by atoms with E-state index in [-0.39, 0.29) is 34.2 Å². The van der Waals surface area contributed by atoms with Crippen molar-refractivity contribution in [2.24, 2.45) is 0 Å². The molecule has 20 heavy (non-hydrogen) atoms. The maximum atomic E-state index is 12.6. The topological polar surface area (TPSA) is 63.2 Å². The fourth-order valence-corrected chi connectivity index (χ4v) is 2.47. The highest BCUT2D eigenvalue weighted by Gasteiger charge is 2.32. The lowest BCUT2D eigenvalue weighted by molar-refractivity contribution is 0.0944. The zero-order chi connectivity index (χ0) is 14.3. The first kappa shape index (κ1) is 12.3. The van der Waals surface area contributed by atoms with Gasteiger partial charge in [0.15, 0.2) is 11.6 Å². The van der Waals surface area contributed by atoms with Crippen molar-refractivity contribution < 1.29 is 14.4 Å². The van der Waals surface area contributed by atoms with Crippen molar-refractivity contribution in [2.45, 2.75) is 0 Å². The summed E-state index contributed by atoms with van der Waals surface area (Å²) in [7, 11) is 1.49. The first-order valence-electron chi connectivity index (χ1n) is 6.18. The number of amides is 1. The van der Waals surface area contributed by atoms with Crippen LogP contribution < -0.4 is 5.32 Å². The Morgan fingerprint density at radius 3 is 2.10 bits per heavy atom. The number of hydrogen-bond acceptors (Lipinski definition) is 3. The number of rotatable bonds is 1. The first-order chi connectivity index (χ1) is 9.65. The van der Waals surface area contributed by atoms with Gasteiger partial charge >= 0.3 is 0 Å². The van der Waals surface area contributed by atoms with Gasteiger partial charge < -0.3 is 5.32 Å². The van der Waals surface area contributed by atoms with Gasteiger partial charge in [-0.2, -0.15) is 0 Å². The Labute approximate surface area is 115 Å². The average molecular weight is 265 g/mol. The molecule has 0 aliphatic heterocycles. The van der Waals surface area contributed by atoms with Crippen molar-refractivity contribution >= 4 is 17.5 Å². The average Bonchev–Trinajstić information content (AvgIpc) is 2.51. The van der Waals surface area contributed by atoms with Crippen LogP contribution in [0.15, 0.2) is 42.5 Å². The minimum Gasteiger partial charge on any atom is -0.355 e. The summed E-state index contributed by atoms with van der Waals surface area (Å²) in [5.41, 5.74) is 1.45. The number of carbonyl (C=O) groups excluding carboxylic acids is 3. The summed E-state index contributed by atoms with van der Waals surface area (Å²) >= 11 is 0. The highest BCUT2D eigenvalue weighted by molar-refractivity contribution is 6.30. The number of fused-ring (bicyclic) bond motifs is 2. The molecule has 1 amide bonds. The molecule has 0 heterocycles. The first-order valence-corrected chi connectivity index (χ1v) is 6.18. The van der Waals surface area contributed by atoms with E-state index in [0.717, 1.165) is 0 Å². The van der Waals surface area contributed by atoms with Gasteiger partial charge in [-0.1, -0.05) is 36.4 Å². The molecule has 1 aliphatic rings. The molecular weight excluding hydrogens is 254 g/mol. The summed E-state index contributed by atoms with van der Waals surface area (Å²) in [6.45, 7) is 0. The van der Waals surface area contributed by atoms with Crippen molar-refractivity contribution in [3.05, 3.63) is 70.3 Å². The molecule has 0 saturated carbocycles. The minimum atomic E-state index is -0.373. The standard InChI is InChI=1S/C16H11NO3/c1-17-16(20)12-8-4-7-11-13(12)15(19)10-6-3-2-5-9(10)14(11)18/h2-8H,1H3,(H,17,20). The Kier molecular flexibility index (Phi) is 2.71. The summed E-state index contributed by atoms with van der Waals surface area (Å²) in [6.07, 6.45) is 0. The lowest BCUT2D eigenvalue weighted by atomic mass is 9.82. The second kappa shape index (κ2) is 4.42. The maximum Gasteiger partial charge on any atom is 0.251 e. The number of nitrogens with one attached hydrogen (secondary N) is 1. The van der Waals surface area contributed by atoms with E-state index in [9.17, 15) is 14.4 Å². The summed E-state index contributed by atoms with van der Waals surface area (Å²) in [5.74, 6) is -0.877. The molecule has 0 spiro atoms. The molecule has 0 unspecified atom stereocenters. The highest BCUT2D eigenvalue weighted by atomic mass is 16.2. The fraction of sp³-hybridized carbons (Fsp3) is 0.0625. The van der Waals surface area contributed by atoms with E-state index >= 15 is 0 Å². The minimum absolute atomic E-state index is 0.190. The van der Waals surface area contributed by atoms with Crippen molar-refractivity contribution in [3.63, 3.8) is 0 Å². The van der Waals surface area contributed by atoms with Gasteiger partial charge in [0.25, 0.3) is 5.91 Å². The van der Waals surface area contributed by atoms with Crippen LogP contribution in [0.4, 0.5) is 0 Å². The van der Waals surface area contributed by atoms with E-state index in [1.165, 1.54) is 7.05 Å². The number of hydrogen-bond donors (Lipinski definition) is 1. The second-order valence-corrected chi connectivity index (χ2v) is 4.51. The van der Waals surface area contributed by atoms with Gasteiger partial charge in [0.1, 0.15) is 0 Å². The van der Waals surface area contributed by atoms with Crippen LogP contribution in [0, 0.1) is 0 Å². The zero-order valence-corrected chi connectivity index (χ0v) is 10.8. The molecule has 4 heteroatoms. The van der Waals surface area contributed by atoms with E-state index in [1.807, 2.05) is 0 Å². The lowest BCUT2D eigenvalue weighted by Gasteiger charge is -2.19. The highest BCUT2D eigenvalue weighted by Crippen LogP contribution is 2.29. The molecule has 4 nitrogen and oxygen atoms in total. The molecule has 0 aromatic heterocycles. The van der Waals surface area contributed by atoms with E-state index in [0.29, 0.717) is 11.1 Å². The molecule has 2 aromatic rings. The molecule has 98 valence electrons. The predicted molar refractivity (Wildman–Crippen MR) is 73.1 cm³/mol. The van der Waals surface area contributed by atoms with Crippen LogP contribution in [0.25, 0.3) is 0 Å². The molecule has 0 bridgehead atoms. The fourth-order valence-electron chi connectivity index (χ4n) is 2.47. The van der Waals surface area contributed by atoms with Crippen LogP contribution in [0.1, 0.15) is 42.2 Å². The summed E-state index contributed by atoms with van der Waals surface area (Å²) in [6, 6.07) is 11.4. The Balaban J connectivity index is 2.31. The van der Waals surface area contributed by atoms with E-state index in [2.05, 4.69) is 5.32 Å². The number of ketones is 2. The van der Waals surface area contributed by atoms with E-state index in [4.69, 9.17) is 0 Å². The van der Waals surface area contributed by atoms with Crippen molar-refractivity contribution in [3.8, 4) is 0 Å². The van der Waals surface area contributed by atoms with Gasteiger partial charge in [-0.25, -0.2) is 0 Å². The van der Waals surface area contributed by atoms with Gasteiger partial charge in [0.2, 0.25) is 0 Å². The van der Waals surface area contributed by atoms with Crippen molar-refractivity contribution in [1.29, 1.82) is 0 Å². The van der Waals surface area contributed by atoms with E-state index in [1.54, 1.807) is 42.5 Å². The van der Waals surface area contributed by atoms with Crippen LogP contribution in [-0.2, 0) is 0 Å². The van der Waals surface area contributed by atoms with Crippen LogP contribution in [0.5, 0.6) is 0 Å². The smallest absolute Gasteiger partial charge is 0.251 e. The molecule has 3 rings (SSSR count). The number of benzene rings is 2. The summed E-state index contributed by atoms with van der Waals surface area (Å²) < 4.78 is 0. The normalized spacial score (nSPS) is 12.7. The van der Waals surface area contributed by atoms with Crippen LogP contribution in [0.2, 0.25) is 0 Å². The second-order valence-electron chi connectivity index (χ2n) is 4.51. The lowest BCUT2D eigenvalue weighted by Crippen LogP contribution is -2.27. The Morgan fingerprint density at radius 1 is 0.850 bits per heavy atom. The van der Waals surface area contributed by atoms with Gasteiger partial charge in [0.05, 0.1) is 5.56 Å². The monoisotopic (exact) mass is 265 g/mol. The van der Waals surface area contributed by atoms with Crippen molar-refractivity contribution in [2.75, 3.05) is 7.05 Å². The molecular formula is C16H11NO3. The SMILES string of the molecule is CNC(=O)c1cccc2c1C(=O)c1ccccc1C2=O. The molecule has 0 saturated heterocycles. The molecule has 2 aromatic carbocycles. The Bertz CT molecular complexity index is 762. The van der Waals surface area contributed by atoms with Crippen LogP contribution in [-0.4, -0.2) is 24.5 Å². The van der Waals surface area contributed by atoms with Gasteiger partial charge in [-0.15, -0.1) is 0 Å². The third-order valence-corrected chi connectivity index (χ3v) is 3.42. The quantitative estimate of drug-likeness (QED) is 0.730. The van der Waals surface area contributed by atoms with Gasteiger partial charge in [0, 0.05) is 29.3 Å². The summed E-state index contributed by atoms with van der Waals surface area (Å²) in [5, 5.41) is 2.49. The third kappa shape index (κ3) is 1.58.